The number of carbonyl (C=O) groups excluding carboxylic acids is 1. The zero-order valence-corrected chi connectivity index (χ0v) is 17.5. The van der Waals surface area contributed by atoms with Gasteiger partial charge in [0.05, 0.1) is 28.9 Å². The molecule has 1 aromatic carbocycles. The number of carbonyl (C=O) groups is 1. The second-order valence-corrected chi connectivity index (χ2v) is 8.54. The number of nitriles is 1. The summed E-state index contributed by atoms with van der Waals surface area (Å²) >= 11 is 1.56. The van der Waals surface area contributed by atoms with Crippen molar-refractivity contribution in [2.24, 2.45) is 7.05 Å². The number of nitrogens with zero attached hydrogens (tertiary/aromatic N) is 6. The van der Waals surface area contributed by atoms with Crippen LogP contribution in [0.5, 0.6) is 0 Å². The lowest BCUT2D eigenvalue weighted by Gasteiger charge is -2.16. The lowest BCUT2D eigenvalue weighted by Crippen LogP contribution is -2.42. The van der Waals surface area contributed by atoms with Crippen molar-refractivity contribution in [2.45, 2.75) is 32.2 Å². The van der Waals surface area contributed by atoms with Gasteiger partial charge in [0, 0.05) is 18.8 Å². The molecular formula is C20H19N7O2S. The van der Waals surface area contributed by atoms with E-state index in [4.69, 9.17) is 9.68 Å². The fourth-order valence-corrected chi connectivity index (χ4v) is 3.91. The van der Waals surface area contributed by atoms with E-state index in [0.29, 0.717) is 12.3 Å². The molecule has 0 spiro atoms. The van der Waals surface area contributed by atoms with Gasteiger partial charge in [-0.2, -0.15) is 10.4 Å². The molecule has 0 radical (unpaired) electrons. The van der Waals surface area contributed by atoms with Gasteiger partial charge in [0.25, 0.3) is 0 Å². The third-order valence-electron chi connectivity index (χ3n) is 4.33. The Hall–Kier alpha value is -3.58. The van der Waals surface area contributed by atoms with E-state index in [1.807, 2.05) is 37.6 Å². The summed E-state index contributed by atoms with van der Waals surface area (Å²) in [6.45, 7) is 3.24. The smallest absolute Gasteiger partial charge is 0.230 e. The number of amides is 1. The molecule has 0 unspecified atom stereocenters. The minimum Gasteiger partial charge on any atom is -0.424 e. The first kappa shape index (κ1) is 19.7. The number of hydrogen-bond acceptors (Lipinski definition) is 8. The second-order valence-electron chi connectivity index (χ2n) is 7.42. The van der Waals surface area contributed by atoms with E-state index in [-0.39, 0.29) is 18.2 Å². The molecule has 0 aliphatic heterocycles. The molecule has 30 heavy (non-hydrogen) atoms. The summed E-state index contributed by atoms with van der Waals surface area (Å²) in [5.41, 5.74) is 2.08. The van der Waals surface area contributed by atoms with Crippen molar-refractivity contribution in [1.29, 1.82) is 5.26 Å². The van der Waals surface area contributed by atoms with Crippen LogP contribution in [0.2, 0.25) is 0 Å². The first-order valence-corrected chi connectivity index (χ1v) is 10.0. The third kappa shape index (κ3) is 4.36. The van der Waals surface area contributed by atoms with Crippen molar-refractivity contribution in [1.82, 2.24) is 30.3 Å². The van der Waals surface area contributed by atoms with Crippen molar-refractivity contribution < 1.29 is 9.21 Å². The largest absolute Gasteiger partial charge is 0.424 e. The lowest BCUT2D eigenvalue weighted by atomic mass is 10.1. The summed E-state index contributed by atoms with van der Waals surface area (Å²) in [6.07, 6.45) is 4.11. The molecule has 0 aliphatic rings. The van der Waals surface area contributed by atoms with Crippen LogP contribution in [0.25, 0.3) is 21.3 Å². The molecule has 1 amide bonds. The van der Waals surface area contributed by atoms with Gasteiger partial charge in [-0.1, -0.05) is 6.07 Å². The van der Waals surface area contributed by atoms with Gasteiger partial charge in [-0.25, -0.2) is 4.98 Å². The highest BCUT2D eigenvalue weighted by Crippen LogP contribution is 2.29. The number of thiazole rings is 1. The number of nitrogens with one attached hydrogen (secondary N) is 1. The predicted molar refractivity (Wildman–Crippen MR) is 110 cm³/mol. The van der Waals surface area contributed by atoms with Gasteiger partial charge in [0.1, 0.15) is 17.0 Å². The molecule has 0 aliphatic carbocycles. The summed E-state index contributed by atoms with van der Waals surface area (Å²) in [4.78, 5) is 16.6. The van der Waals surface area contributed by atoms with Gasteiger partial charge in [0.2, 0.25) is 17.7 Å². The van der Waals surface area contributed by atoms with Gasteiger partial charge >= 0.3 is 0 Å². The monoisotopic (exact) mass is 421 g/mol. The molecule has 0 atom stereocenters. The van der Waals surface area contributed by atoms with Crippen molar-refractivity contribution in [2.75, 3.05) is 0 Å². The van der Waals surface area contributed by atoms with Crippen LogP contribution in [0.3, 0.4) is 0 Å². The summed E-state index contributed by atoms with van der Waals surface area (Å²) in [5, 5.41) is 24.6. The summed E-state index contributed by atoms with van der Waals surface area (Å²) in [6, 6.07) is 8.11. The Morgan fingerprint density at radius 2 is 2.10 bits per heavy atom. The predicted octanol–water partition coefficient (Wildman–Crippen LogP) is 2.63. The molecule has 0 saturated carbocycles. The molecule has 152 valence electrons. The second kappa shape index (κ2) is 7.68. The highest BCUT2D eigenvalue weighted by atomic mass is 32.1. The van der Waals surface area contributed by atoms with Gasteiger partial charge in [0.15, 0.2) is 0 Å². The molecule has 10 heteroatoms. The van der Waals surface area contributed by atoms with Gasteiger partial charge < -0.3 is 9.73 Å². The van der Waals surface area contributed by atoms with E-state index in [1.54, 1.807) is 29.9 Å². The molecule has 0 bridgehead atoms. The van der Waals surface area contributed by atoms with E-state index in [0.717, 1.165) is 26.4 Å². The van der Waals surface area contributed by atoms with E-state index in [1.165, 1.54) is 0 Å². The van der Waals surface area contributed by atoms with Crippen molar-refractivity contribution in [3.05, 3.63) is 47.4 Å². The Bertz CT molecular complexity index is 1260. The number of aromatic nitrogens is 5. The molecule has 0 saturated heterocycles. The van der Waals surface area contributed by atoms with Gasteiger partial charge in [-0.15, -0.1) is 21.5 Å². The molecule has 4 aromatic rings. The van der Waals surface area contributed by atoms with E-state index >= 15 is 0 Å². The molecule has 3 aromatic heterocycles. The first-order valence-electron chi connectivity index (χ1n) is 9.23. The Morgan fingerprint density at radius 3 is 2.83 bits per heavy atom. The number of aryl methyl sites for hydroxylation is 1. The number of hydrogen-bond donors (Lipinski definition) is 1. The molecular weight excluding hydrogens is 402 g/mol. The van der Waals surface area contributed by atoms with Crippen LogP contribution in [0.1, 0.15) is 30.6 Å². The average molecular weight is 421 g/mol. The van der Waals surface area contributed by atoms with E-state index < -0.39 is 5.54 Å². The van der Waals surface area contributed by atoms with Crippen molar-refractivity contribution in [3.63, 3.8) is 0 Å². The quantitative estimate of drug-likeness (QED) is 0.508. The average Bonchev–Trinajstić information content (AvgIpc) is 3.40. The number of rotatable bonds is 6. The summed E-state index contributed by atoms with van der Waals surface area (Å²) < 4.78 is 8.42. The topological polar surface area (TPSA) is 123 Å². The van der Waals surface area contributed by atoms with Crippen LogP contribution in [-0.2, 0) is 24.7 Å². The zero-order chi connectivity index (χ0) is 21.3. The number of benzene rings is 1. The third-order valence-corrected chi connectivity index (χ3v) is 5.34. The van der Waals surface area contributed by atoms with Gasteiger partial charge in [-0.05, 0) is 31.5 Å². The Kier molecular flexibility index (Phi) is 5.05. The maximum Gasteiger partial charge on any atom is 0.230 e. The summed E-state index contributed by atoms with van der Waals surface area (Å²) in [5.74, 6) is 0.250. The van der Waals surface area contributed by atoms with Crippen LogP contribution in [0.15, 0.2) is 35.0 Å². The molecule has 4 rings (SSSR count). The standard InChI is InChI=1S/C20H19N7O2S/c1-20(2,11-21)24-16(28)7-17-25-26-18(29-17)8-19-23-14-5-4-12(6-15(14)30-19)13-9-22-27(3)10-13/h4-6,9-10H,7-8H2,1-3H3,(H,24,28). The SMILES string of the molecule is Cn1cc(-c2ccc3nc(Cc4nnc(CC(=O)NC(C)(C)C#N)o4)sc3c2)cn1. The Balaban J connectivity index is 1.46. The molecule has 1 N–H and O–H groups in total. The van der Waals surface area contributed by atoms with Crippen molar-refractivity contribution >= 4 is 27.5 Å². The van der Waals surface area contributed by atoms with Crippen LogP contribution < -0.4 is 5.32 Å². The maximum absolute atomic E-state index is 12.0. The van der Waals surface area contributed by atoms with Crippen LogP contribution in [-0.4, -0.2) is 36.4 Å². The summed E-state index contributed by atoms with van der Waals surface area (Å²) in [7, 11) is 1.89. The minimum absolute atomic E-state index is 0.0770. The Labute approximate surface area is 176 Å². The fourth-order valence-electron chi connectivity index (χ4n) is 2.92. The van der Waals surface area contributed by atoms with E-state index in [9.17, 15) is 4.79 Å². The minimum atomic E-state index is -0.949. The lowest BCUT2D eigenvalue weighted by molar-refractivity contribution is -0.121. The fraction of sp³-hybridized carbons (Fsp3) is 0.300. The van der Waals surface area contributed by atoms with E-state index in [2.05, 4.69) is 31.7 Å². The zero-order valence-electron chi connectivity index (χ0n) is 16.7. The first-order chi connectivity index (χ1) is 14.3. The van der Waals surface area contributed by atoms with Crippen LogP contribution >= 0.6 is 11.3 Å². The van der Waals surface area contributed by atoms with Crippen molar-refractivity contribution in [3.8, 4) is 17.2 Å². The molecule has 9 nitrogen and oxygen atoms in total. The van der Waals surface area contributed by atoms with Gasteiger partial charge in [-0.3, -0.25) is 9.48 Å². The normalized spacial score (nSPS) is 11.5. The highest BCUT2D eigenvalue weighted by Gasteiger charge is 2.21. The van der Waals surface area contributed by atoms with Crippen LogP contribution in [0.4, 0.5) is 0 Å². The maximum atomic E-state index is 12.0. The highest BCUT2D eigenvalue weighted by molar-refractivity contribution is 7.18. The Morgan fingerprint density at radius 1 is 1.30 bits per heavy atom. The number of fused-ring (bicyclic) bond motifs is 1. The molecule has 0 fully saturated rings. The molecule has 3 heterocycles. The van der Waals surface area contributed by atoms with Crippen LogP contribution in [0, 0.1) is 11.3 Å².